The molecule has 3 rings (SSSR count). The van der Waals surface area contributed by atoms with Crippen LogP contribution in [-0.4, -0.2) is 43.2 Å². The second-order valence-corrected chi connectivity index (χ2v) is 7.87. The highest BCUT2D eigenvalue weighted by atomic mass is 32.2. The lowest BCUT2D eigenvalue weighted by molar-refractivity contribution is 0.394. The van der Waals surface area contributed by atoms with Gasteiger partial charge in [0.25, 0.3) is 0 Å². The third-order valence-electron chi connectivity index (χ3n) is 5.08. The predicted octanol–water partition coefficient (Wildman–Crippen LogP) is 5.68. The summed E-state index contributed by atoms with van der Waals surface area (Å²) in [7, 11) is 3.37. The number of pyridine rings is 1. The highest BCUT2D eigenvalue weighted by Gasteiger charge is 2.22. The first-order valence-corrected chi connectivity index (χ1v) is 11.4. The minimum Gasteiger partial charge on any atom is -0.497 e. The summed E-state index contributed by atoms with van der Waals surface area (Å²) < 4.78 is 13.2. The second kappa shape index (κ2) is 9.44. The Morgan fingerprint density at radius 3 is 2.38 bits per heavy atom. The minimum absolute atomic E-state index is 0.788. The lowest BCUT2D eigenvalue weighted by Crippen LogP contribution is -2.25. The zero-order chi connectivity index (χ0) is 21.0. The highest BCUT2D eigenvalue weighted by molar-refractivity contribution is 7.98. The number of benzene rings is 1. The van der Waals surface area contributed by atoms with Crippen LogP contribution in [0.25, 0.3) is 16.8 Å². The number of aromatic nitrogens is 2. The zero-order valence-corrected chi connectivity index (χ0v) is 19.1. The summed E-state index contributed by atoms with van der Waals surface area (Å²) in [4.78, 5) is 2.47. The van der Waals surface area contributed by atoms with Crippen molar-refractivity contribution >= 4 is 23.0 Å². The van der Waals surface area contributed by atoms with Crippen LogP contribution in [0.15, 0.2) is 35.4 Å². The van der Waals surface area contributed by atoms with Gasteiger partial charge in [0, 0.05) is 24.7 Å². The molecular formula is C23H31N3O2S. The number of ether oxygens (including phenoxy) is 2. The van der Waals surface area contributed by atoms with Gasteiger partial charge in [0.15, 0.2) is 0 Å². The highest BCUT2D eigenvalue weighted by Crippen LogP contribution is 2.40. The van der Waals surface area contributed by atoms with Crippen molar-refractivity contribution in [3.05, 3.63) is 35.9 Å². The van der Waals surface area contributed by atoms with Crippen LogP contribution < -0.4 is 14.4 Å². The molecule has 0 fully saturated rings. The van der Waals surface area contributed by atoms with Crippen LogP contribution in [0.5, 0.6) is 11.5 Å². The first-order chi connectivity index (χ1) is 14.1. The van der Waals surface area contributed by atoms with Crippen LogP contribution in [-0.2, 0) is 0 Å². The van der Waals surface area contributed by atoms with Crippen molar-refractivity contribution in [3.8, 4) is 22.8 Å². The first kappa shape index (κ1) is 21.4. The fourth-order valence-electron chi connectivity index (χ4n) is 3.87. The molecule has 0 spiro atoms. The van der Waals surface area contributed by atoms with Gasteiger partial charge in [0.1, 0.15) is 16.5 Å². The van der Waals surface area contributed by atoms with Crippen LogP contribution in [0.4, 0.5) is 5.69 Å². The van der Waals surface area contributed by atoms with Crippen molar-refractivity contribution in [2.45, 2.75) is 38.6 Å². The molecule has 156 valence electrons. The van der Waals surface area contributed by atoms with Crippen molar-refractivity contribution in [2.75, 3.05) is 38.5 Å². The zero-order valence-electron chi connectivity index (χ0n) is 18.3. The molecule has 0 atom stereocenters. The number of aryl methyl sites for hydroxylation is 1. The molecule has 0 saturated carbocycles. The molecule has 1 aromatic carbocycles. The van der Waals surface area contributed by atoms with Crippen molar-refractivity contribution in [2.24, 2.45) is 0 Å². The van der Waals surface area contributed by atoms with E-state index in [0.29, 0.717) is 0 Å². The molecule has 2 heterocycles. The summed E-state index contributed by atoms with van der Waals surface area (Å²) in [5, 5.41) is 6.06. The fourth-order valence-corrected chi connectivity index (χ4v) is 4.46. The second-order valence-electron chi connectivity index (χ2n) is 7.07. The van der Waals surface area contributed by atoms with Gasteiger partial charge >= 0.3 is 0 Å². The quantitative estimate of drug-likeness (QED) is 0.422. The van der Waals surface area contributed by atoms with E-state index in [2.05, 4.69) is 54.6 Å². The van der Waals surface area contributed by atoms with Gasteiger partial charge in [-0.1, -0.05) is 19.9 Å². The normalized spacial score (nSPS) is 11.1. The summed E-state index contributed by atoms with van der Waals surface area (Å²) in [6.07, 6.45) is 4.31. The van der Waals surface area contributed by atoms with Gasteiger partial charge in [-0.05, 0) is 49.8 Å². The predicted molar refractivity (Wildman–Crippen MR) is 123 cm³/mol. The molecule has 6 heteroatoms. The van der Waals surface area contributed by atoms with E-state index in [1.54, 1.807) is 26.0 Å². The molecular weight excluding hydrogens is 382 g/mol. The van der Waals surface area contributed by atoms with E-state index in [1.807, 2.05) is 12.1 Å². The standard InChI is InChI=1S/C23H31N3O2S/c1-7-12-25(13-8-2)22-19-11-9-10-18(26(19)24-23(22)29-6)21-16(3)14-17(27-4)15-20(21)28-5/h9-11,14-15H,7-8,12-13H2,1-6H3. The Bertz CT molecular complexity index is 978. The lowest BCUT2D eigenvalue weighted by Gasteiger charge is -2.23. The average molecular weight is 414 g/mol. The summed E-state index contributed by atoms with van der Waals surface area (Å²) >= 11 is 1.70. The summed E-state index contributed by atoms with van der Waals surface area (Å²) in [5.74, 6) is 1.58. The van der Waals surface area contributed by atoms with Crippen LogP contribution in [0.2, 0.25) is 0 Å². The molecule has 0 aliphatic heterocycles. The van der Waals surface area contributed by atoms with Gasteiger partial charge in [-0.3, -0.25) is 0 Å². The lowest BCUT2D eigenvalue weighted by atomic mass is 10.0. The fraction of sp³-hybridized carbons (Fsp3) is 0.435. The first-order valence-electron chi connectivity index (χ1n) is 10.1. The average Bonchev–Trinajstić information content (AvgIpc) is 3.11. The number of hydrogen-bond acceptors (Lipinski definition) is 5. The van der Waals surface area contributed by atoms with Crippen LogP contribution in [0.3, 0.4) is 0 Å². The minimum atomic E-state index is 0.788. The van der Waals surface area contributed by atoms with Crippen LogP contribution in [0.1, 0.15) is 32.3 Å². The number of nitrogens with zero attached hydrogens (tertiary/aromatic N) is 3. The van der Waals surface area contributed by atoms with Gasteiger partial charge in [0.2, 0.25) is 0 Å². The number of thioether (sulfide) groups is 1. The van der Waals surface area contributed by atoms with Crippen molar-refractivity contribution in [1.29, 1.82) is 0 Å². The van der Waals surface area contributed by atoms with Crippen molar-refractivity contribution in [1.82, 2.24) is 9.61 Å². The van der Waals surface area contributed by atoms with Gasteiger partial charge in [-0.15, -0.1) is 11.8 Å². The van der Waals surface area contributed by atoms with Gasteiger partial charge in [-0.25, -0.2) is 4.52 Å². The van der Waals surface area contributed by atoms with E-state index in [9.17, 15) is 0 Å². The number of anilines is 1. The molecule has 3 aromatic rings. The third-order valence-corrected chi connectivity index (χ3v) is 5.74. The number of methoxy groups -OCH3 is 2. The molecule has 0 radical (unpaired) electrons. The van der Waals surface area contributed by atoms with Gasteiger partial charge < -0.3 is 14.4 Å². The van der Waals surface area contributed by atoms with Crippen molar-refractivity contribution in [3.63, 3.8) is 0 Å². The van der Waals surface area contributed by atoms with E-state index in [4.69, 9.17) is 14.6 Å². The molecule has 2 aromatic heterocycles. The number of fused-ring (bicyclic) bond motifs is 1. The molecule has 0 saturated heterocycles. The van der Waals surface area contributed by atoms with Crippen LogP contribution in [0, 0.1) is 6.92 Å². The molecule has 29 heavy (non-hydrogen) atoms. The third kappa shape index (κ3) is 4.04. The molecule has 0 N–H and O–H groups in total. The molecule has 0 unspecified atom stereocenters. The van der Waals surface area contributed by atoms with Crippen LogP contribution >= 0.6 is 11.8 Å². The molecule has 0 amide bonds. The summed E-state index contributed by atoms with van der Waals surface area (Å²) in [5.41, 5.74) is 5.52. The Balaban J connectivity index is 2.28. The maximum Gasteiger partial charge on any atom is 0.142 e. The Labute approximate surface area is 178 Å². The maximum atomic E-state index is 5.72. The smallest absolute Gasteiger partial charge is 0.142 e. The summed E-state index contributed by atoms with van der Waals surface area (Å²) in [6, 6.07) is 10.3. The largest absolute Gasteiger partial charge is 0.497 e. The Hall–Kier alpha value is -2.34. The maximum absolute atomic E-state index is 5.72. The summed E-state index contributed by atoms with van der Waals surface area (Å²) in [6.45, 7) is 8.59. The van der Waals surface area contributed by atoms with Crippen molar-refractivity contribution < 1.29 is 9.47 Å². The molecule has 0 bridgehead atoms. The Morgan fingerprint density at radius 2 is 1.79 bits per heavy atom. The Kier molecular flexibility index (Phi) is 6.96. The van der Waals surface area contributed by atoms with E-state index in [-0.39, 0.29) is 0 Å². The SMILES string of the molecule is CCCN(CCC)c1c(SC)nn2c(-c3c(C)cc(OC)cc3OC)cccc12. The number of hydrogen-bond donors (Lipinski definition) is 0. The Morgan fingerprint density at radius 1 is 1.07 bits per heavy atom. The number of rotatable bonds is 9. The monoisotopic (exact) mass is 413 g/mol. The molecule has 0 aliphatic carbocycles. The van der Waals surface area contributed by atoms with E-state index in [0.717, 1.165) is 64.8 Å². The van der Waals surface area contributed by atoms with E-state index < -0.39 is 0 Å². The van der Waals surface area contributed by atoms with E-state index >= 15 is 0 Å². The molecule has 5 nitrogen and oxygen atoms in total. The topological polar surface area (TPSA) is 39.0 Å². The molecule has 0 aliphatic rings. The van der Waals surface area contributed by atoms with Gasteiger partial charge in [0.05, 0.1) is 31.1 Å². The van der Waals surface area contributed by atoms with E-state index in [1.165, 1.54) is 5.69 Å². The van der Waals surface area contributed by atoms with Gasteiger partial charge in [-0.2, -0.15) is 5.10 Å².